The first-order valence-electron chi connectivity index (χ1n) is 8.37. The number of carbonyl (C=O) groups is 2. The summed E-state index contributed by atoms with van der Waals surface area (Å²) in [7, 11) is 5.32. The minimum absolute atomic E-state index is 0.0123. The van der Waals surface area contributed by atoms with Crippen molar-refractivity contribution in [3.63, 3.8) is 0 Å². The highest BCUT2D eigenvalue weighted by Crippen LogP contribution is 2.40. The molecule has 0 bridgehead atoms. The first kappa shape index (κ1) is 19.7. The molecule has 0 saturated heterocycles. The predicted molar refractivity (Wildman–Crippen MR) is 102 cm³/mol. The summed E-state index contributed by atoms with van der Waals surface area (Å²) in [6.07, 6.45) is 0.574. The van der Waals surface area contributed by atoms with E-state index in [1.54, 1.807) is 6.07 Å². The van der Waals surface area contributed by atoms with Crippen LogP contribution in [0.15, 0.2) is 16.6 Å². The summed E-state index contributed by atoms with van der Waals surface area (Å²) >= 11 is 3.56. The van der Waals surface area contributed by atoms with Gasteiger partial charge >= 0.3 is 5.97 Å². The highest BCUT2D eigenvalue weighted by atomic mass is 79.9. The first-order valence-corrected chi connectivity index (χ1v) is 9.17. The molecule has 138 valence electrons. The smallest absolute Gasteiger partial charge is 0.337 e. The Morgan fingerprint density at radius 1 is 1.40 bits per heavy atom. The lowest BCUT2D eigenvalue weighted by Gasteiger charge is -2.31. The number of nitrogens with one attached hydrogen (secondary N) is 1. The Morgan fingerprint density at radius 2 is 2.08 bits per heavy atom. The molecule has 0 fully saturated rings. The van der Waals surface area contributed by atoms with Crippen molar-refractivity contribution in [2.24, 2.45) is 0 Å². The molecule has 0 radical (unpaired) electrons. The van der Waals surface area contributed by atoms with Crippen LogP contribution in [0.3, 0.4) is 0 Å². The molecule has 25 heavy (non-hydrogen) atoms. The van der Waals surface area contributed by atoms with Crippen LogP contribution < -0.4 is 10.2 Å². The number of rotatable bonds is 6. The summed E-state index contributed by atoms with van der Waals surface area (Å²) in [5.41, 5.74) is 2.46. The van der Waals surface area contributed by atoms with Crippen molar-refractivity contribution in [2.75, 3.05) is 39.2 Å². The van der Waals surface area contributed by atoms with Gasteiger partial charge in [0.05, 0.1) is 18.4 Å². The number of anilines is 1. The number of halogens is 1. The highest BCUT2D eigenvalue weighted by molar-refractivity contribution is 9.10. The van der Waals surface area contributed by atoms with Gasteiger partial charge in [-0.1, -0.05) is 0 Å². The number of hydrogen-bond acceptors (Lipinski definition) is 5. The molecule has 1 aromatic rings. The van der Waals surface area contributed by atoms with Gasteiger partial charge in [-0.05, 0) is 61.6 Å². The van der Waals surface area contributed by atoms with Crippen LogP contribution in [-0.2, 0) is 16.0 Å². The Kier molecular flexibility index (Phi) is 6.46. The van der Waals surface area contributed by atoms with E-state index >= 15 is 0 Å². The maximum Gasteiger partial charge on any atom is 0.337 e. The third-order valence-electron chi connectivity index (χ3n) is 4.29. The van der Waals surface area contributed by atoms with E-state index in [2.05, 4.69) is 40.0 Å². The molecule has 1 amide bonds. The van der Waals surface area contributed by atoms with Crippen LogP contribution in [-0.4, -0.2) is 63.2 Å². The van der Waals surface area contributed by atoms with E-state index in [0.717, 1.165) is 22.3 Å². The van der Waals surface area contributed by atoms with E-state index in [1.165, 1.54) is 7.11 Å². The Balaban J connectivity index is 2.28. The summed E-state index contributed by atoms with van der Waals surface area (Å²) in [6.45, 7) is 5.54. The Morgan fingerprint density at radius 3 is 2.64 bits per heavy atom. The fourth-order valence-corrected chi connectivity index (χ4v) is 3.86. The largest absolute Gasteiger partial charge is 0.465 e. The van der Waals surface area contributed by atoms with Crippen molar-refractivity contribution < 1.29 is 14.3 Å². The van der Waals surface area contributed by atoms with Gasteiger partial charge in [0.15, 0.2) is 0 Å². The maximum atomic E-state index is 12.7. The molecule has 1 aliphatic rings. The summed E-state index contributed by atoms with van der Waals surface area (Å²) < 4.78 is 5.63. The monoisotopic (exact) mass is 411 g/mol. The molecule has 0 aliphatic carbocycles. The number of carbonyl (C=O) groups excluding carboxylic acids is 2. The summed E-state index contributed by atoms with van der Waals surface area (Å²) in [6, 6.07) is 3.47. The normalized spacial score (nSPS) is 16.3. The van der Waals surface area contributed by atoms with Gasteiger partial charge in [0.25, 0.3) is 0 Å². The first-order chi connectivity index (χ1) is 11.8. The lowest BCUT2D eigenvalue weighted by Crippen LogP contribution is -2.49. The molecule has 7 heteroatoms. The summed E-state index contributed by atoms with van der Waals surface area (Å²) in [5.74, 6) is -0.364. The SMILES string of the molecule is COC(=O)c1cc(Br)c2c(c1)CC(C(=O)NCCN(C)C)N2C(C)C. The zero-order valence-electron chi connectivity index (χ0n) is 15.4. The zero-order valence-corrected chi connectivity index (χ0v) is 17.0. The number of benzene rings is 1. The molecule has 1 heterocycles. The van der Waals surface area contributed by atoms with E-state index in [0.29, 0.717) is 18.5 Å². The van der Waals surface area contributed by atoms with Crippen LogP contribution >= 0.6 is 15.9 Å². The molecule has 0 spiro atoms. The topological polar surface area (TPSA) is 61.9 Å². The van der Waals surface area contributed by atoms with Crippen LogP contribution in [0.25, 0.3) is 0 Å². The third kappa shape index (κ3) is 4.33. The predicted octanol–water partition coefficient (Wildman–Crippen LogP) is 2.05. The molecule has 1 aromatic carbocycles. The number of fused-ring (bicyclic) bond motifs is 1. The molecular weight excluding hydrogens is 386 g/mol. The highest BCUT2D eigenvalue weighted by Gasteiger charge is 2.37. The van der Waals surface area contributed by atoms with Crippen molar-refractivity contribution in [3.05, 3.63) is 27.7 Å². The van der Waals surface area contributed by atoms with Crippen molar-refractivity contribution in [2.45, 2.75) is 32.4 Å². The number of ether oxygens (including phenoxy) is 1. The second-order valence-corrected chi connectivity index (χ2v) is 7.63. The minimum atomic E-state index is -0.376. The van der Waals surface area contributed by atoms with E-state index in [-0.39, 0.29) is 24.0 Å². The van der Waals surface area contributed by atoms with Gasteiger partial charge in [-0.3, -0.25) is 4.79 Å². The molecule has 6 nitrogen and oxygen atoms in total. The average molecular weight is 412 g/mol. The van der Waals surface area contributed by atoms with Crippen molar-refractivity contribution in [1.82, 2.24) is 10.2 Å². The lowest BCUT2D eigenvalue weighted by atomic mass is 10.1. The van der Waals surface area contributed by atoms with Gasteiger partial charge < -0.3 is 19.9 Å². The average Bonchev–Trinajstić information content (AvgIpc) is 2.93. The fraction of sp³-hybridized carbons (Fsp3) is 0.556. The van der Waals surface area contributed by atoms with Gasteiger partial charge in [0.1, 0.15) is 6.04 Å². The molecule has 1 unspecified atom stereocenters. The number of nitrogens with zero attached hydrogens (tertiary/aromatic N) is 2. The van der Waals surface area contributed by atoms with Crippen molar-refractivity contribution >= 4 is 33.5 Å². The van der Waals surface area contributed by atoms with Crippen molar-refractivity contribution in [1.29, 1.82) is 0 Å². The number of hydrogen-bond donors (Lipinski definition) is 1. The molecule has 0 aromatic heterocycles. The van der Waals surface area contributed by atoms with Crippen LogP contribution in [0.5, 0.6) is 0 Å². The van der Waals surface area contributed by atoms with Gasteiger partial charge in [-0.15, -0.1) is 0 Å². The molecule has 1 N–H and O–H groups in total. The van der Waals surface area contributed by atoms with Crippen LogP contribution in [0.1, 0.15) is 29.8 Å². The molecule has 2 rings (SSSR count). The maximum absolute atomic E-state index is 12.7. The van der Waals surface area contributed by atoms with Gasteiger partial charge in [0, 0.05) is 30.0 Å². The van der Waals surface area contributed by atoms with Crippen LogP contribution in [0.4, 0.5) is 5.69 Å². The molecule has 1 aliphatic heterocycles. The van der Waals surface area contributed by atoms with Gasteiger partial charge in [-0.25, -0.2) is 4.79 Å². The second-order valence-electron chi connectivity index (χ2n) is 6.77. The second kappa shape index (κ2) is 8.19. The van der Waals surface area contributed by atoms with Gasteiger partial charge in [-0.2, -0.15) is 0 Å². The fourth-order valence-electron chi connectivity index (χ4n) is 3.16. The van der Waals surface area contributed by atoms with Gasteiger partial charge in [0.2, 0.25) is 5.91 Å². The number of methoxy groups -OCH3 is 1. The third-order valence-corrected chi connectivity index (χ3v) is 4.89. The van der Waals surface area contributed by atoms with E-state index < -0.39 is 0 Å². The standard InChI is InChI=1S/C18H26BrN3O3/c1-11(2)22-15(17(23)20-6-7-21(3)4)10-12-8-13(18(24)25-5)9-14(19)16(12)22/h8-9,11,15H,6-7,10H2,1-5H3,(H,20,23). The number of likely N-dealkylation sites (N-methyl/N-ethyl adjacent to an activating group) is 1. The van der Waals surface area contributed by atoms with Crippen LogP contribution in [0, 0.1) is 0 Å². The van der Waals surface area contributed by atoms with Crippen LogP contribution in [0.2, 0.25) is 0 Å². The summed E-state index contributed by atoms with van der Waals surface area (Å²) in [5, 5.41) is 3.01. The number of esters is 1. The van der Waals surface area contributed by atoms with E-state index in [1.807, 2.05) is 25.1 Å². The van der Waals surface area contributed by atoms with E-state index in [9.17, 15) is 9.59 Å². The number of amides is 1. The lowest BCUT2D eigenvalue weighted by molar-refractivity contribution is -0.122. The summed E-state index contributed by atoms with van der Waals surface area (Å²) in [4.78, 5) is 28.7. The minimum Gasteiger partial charge on any atom is -0.465 e. The Labute approximate surface area is 157 Å². The Bertz CT molecular complexity index is 661. The van der Waals surface area contributed by atoms with Crippen molar-refractivity contribution in [3.8, 4) is 0 Å². The Hall–Kier alpha value is -1.60. The molecule has 1 atom stereocenters. The zero-order chi connectivity index (χ0) is 18.7. The van der Waals surface area contributed by atoms with E-state index in [4.69, 9.17) is 4.74 Å². The quantitative estimate of drug-likeness (QED) is 0.725. The molecule has 0 saturated carbocycles. The molecular formula is C18H26BrN3O3.